The number of hydrogen-bond acceptors (Lipinski definition) is 7. The highest BCUT2D eigenvalue weighted by molar-refractivity contribution is 6.06. The molecule has 2 aliphatic rings. The summed E-state index contributed by atoms with van der Waals surface area (Å²) < 4.78 is 7.21. The molecule has 37 heavy (non-hydrogen) atoms. The molecule has 0 aliphatic carbocycles. The average molecular weight is 498 g/mol. The number of imidazole rings is 1. The number of piperidine rings is 1. The lowest BCUT2D eigenvalue weighted by Crippen LogP contribution is -2.37. The monoisotopic (exact) mass is 497 g/mol. The van der Waals surface area contributed by atoms with E-state index in [2.05, 4.69) is 31.4 Å². The summed E-state index contributed by atoms with van der Waals surface area (Å²) >= 11 is 0. The number of anilines is 2. The average Bonchev–Trinajstić information content (AvgIpc) is 3.50. The molecule has 1 atom stereocenters. The summed E-state index contributed by atoms with van der Waals surface area (Å²) in [7, 11) is 1.60. The molecule has 3 aromatic heterocycles. The van der Waals surface area contributed by atoms with Crippen molar-refractivity contribution < 1.29 is 9.53 Å². The Morgan fingerprint density at radius 3 is 2.73 bits per heavy atom. The number of aromatic nitrogens is 5. The van der Waals surface area contributed by atoms with Crippen molar-refractivity contribution in [1.29, 1.82) is 0 Å². The molecular weight excluding hydrogens is 470 g/mol. The number of ether oxygens (including phenoxy) is 1. The van der Waals surface area contributed by atoms with Crippen molar-refractivity contribution in [1.82, 2.24) is 24.5 Å². The summed E-state index contributed by atoms with van der Waals surface area (Å²) in [5, 5.41) is 0. The van der Waals surface area contributed by atoms with Crippen LogP contribution in [0.3, 0.4) is 0 Å². The molecule has 6 rings (SSSR count). The van der Waals surface area contributed by atoms with E-state index in [0.29, 0.717) is 42.6 Å². The largest absolute Gasteiger partial charge is 0.501 e. The Hall–Kier alpha value is -4.47. The molecule has 1 N–H and O–H groups in total. The number of amides is 1. The molecule has 0 spiro atoms. The second kappa shape index (κ2) is 9.20. The predicted octanol–water partition coefficient (Wildman–Crippen LogP) is 3.26. The second-order valence-electron chi connectivity index (χ2n) is 9.35. The summed E-state index contributed by atoms with van der Waals surface area (Å²) in [4.78, 5) is 45.9. The Balaban J connectivity index is 1.20. The van der Waals surface area contributed by atoms with Gasteiger partial charge in [0.05, 0.1) is 24.3 Å². The van der Waals surface area contributed by atoms with Gasteiger partial charge < -0.3 is 14.5 Å². The molecule has 1 amide bonds. The molecule has 188 valence electrons. The standard InChI is InChI=1S/C27H27N7O3/c1-17(37-2)20-15-33(22-7-4-3-6-19(20)22)26(35)21-14-24(30-16-29-21)32-12-9-18(10-13-32)34-23-8-5-11-28-25(23)31-27(34)36/h3-8,11,14,16,18,20H,1,9-10,12-13,15H2,2H3,(H,28,31,36). The van der Waals surface area contributed by atoms with E-state index >= 15 is 0 Å². The van der Waals surface area contributed by atoms with Gasteiger partial charge in [-0.15, -0.1) is 0 Å². The number of carbonyl (C=O) groups excluding carboxylic acids is 1. The molecular formula is C27H27N7O3. The predicted molar refractivity (Wildman–Crippen MR) is 140 cm³/mol. The summed E-state index contributed by atoms with van der Waals surface area (Å²) in [5.74, 6) is 1.05. The fourth-order valence-corrected chi connectivity index (χ4v) is 5.47. The number of hydrogen-bond donors (Lipinski definition) is 1. The molecule has 1 aromatic carbocycles. The molecule has 1 saturated heterocycles. The van der Waals surface area contributed by atoms with Crippen LogP contribution >= 0.6 is 0 Å². The minimum absolute atomic E-state index is 0.0663. The maximum atomic E-state index is 13.6. The molecule has 4 aromatic rings. The minimum atomic E-state index is -0.185. The van der Waals surface area contributed by atoms with Crippen LogP contribution in [0.15, 0.2) is 72.1 Å². The molecule has 0 radical (unpaired) electrons. The lowest BCUT2D eigenvalue weighted by Gasteiger charge is -2.33. The summed E-state index contributed by atoms with van der Waals surface area (Å²) in [6, 6.07) is 13.4. The third-order valence-corrected chi connectivity index (χ3v) is 7.38. The van der Waals surface area contributed by atoms with Crippen molar-refractivity contribution in [3.8, 4) is 0 Å². The first kappa shape index (κ1) is 23.0. The number of H-pyrrole nitrogens is 1. The Labute approximate surface area is 213 Å². The maximum Gasteiger partial charge on any atom is 0.327 e. The van der Waals surface area contributed by atoms with Crippen molar-refractivity contribution in [3.05, 3.63) is 89.1 Å². The quantitative estimate of drug-likeness (QED) is 0.422. The van der Waals surface area contributed by atoms with Gasteiger partial charge in [0.1, 0.15) is 17.8 Å². The van der Waals surface area contributed by atoms with E-state index < -0.39 is 0 Å². The van der Waals surface area contributed by atoms with Gasteiger partial charge in [0, 0.05) is 43.6 Å². The van der Waals surface area contributed by atoms with Crippen LogP contribution in [0.1, 0.15) is 40.9 Å². The molecule has 5 heterocycles. The zero-order valence-corrected chi connectivity index (χ0v) is 20.5. The SMILES string of the molecule is C=C(OC)C1CN(C(=O)c2cc(N3CCC(n4c(=O)[nH]c5ncccc54)CC3)ncn2)c2ccccc21. The summed E-state index contributed by atoms with van der Waals surface area (Å²) in [6.07, 6.45) is 4.66. The van der Waals surface area contributed by atoms with Gasteiger partial charge in [-0.1, -0.05) is 24.8 Å². The Morgan fingerprint density at radius 1 is 1.11 bits per heavy atom. The van der Waals surface area contributed by atoms with Crippen LogP contribution in [-0.2, 0) is 4.74 Å². The first-order valence-corrected chi connectivity index (χ1v) is 12.3. The highest BCUT2D eigenvalue weighted by Gasteiger charge is 2.35. The molecule has 10 heteroatoms. The number of nitrogens with one attached hydrogen (secondary N) is 1. The molecule has 2 aliphatic heterocycles. The van der Waals surface area contributed by atoms with Crippen LogP contribution in [0.2, 0.25) is 0 Å². The van der Waals surface area contributed by atoms with Gasteiger partial charge in [0.25, 0.3) is 5.91 Å². The van der Waals surface area contributed by atoms with E-state index in [-0.39, 0.29) is 23.6 Å². The van der Waals surface area contributed by atoms with Crippen LogP contribution < -0.4 is 15.5 Å². The third kappa shape index (κ3) is 3.94. The number of methoxy groups -OCH3 is 1. The Kier molecular flexibility index (Phi) is 5.71. The van der Waals surface area contributed by atoms with E-state index in [1.807, 2.05) is 41.0 Å². The number of fused-ring (bicyclic) bond motifs is 2. The molecule has 0 bridgehead atoms. The van der Waals surface area contributed by atoms with Crippen LogP contribution in [0, 0.1) is 0 Å². The van der Waals surface area contributed by atoms with Gasteiger partial charge in [0.2, 0.25) is 0 Å². The first-order chi connectivity index (χ1) is 18.0. The van der Waals surface area contributed by atoms with Crippen molar-refractivity contribution in [3.63, 3.8) is 0 Å². The zero-order chi connectivity index (χ0) is 25.5. The Bertz CT molecular complexity index is 1550. The number of para-hydroxylation sites is 1. The van der Waals surface area contributed by atoms with Crippen LogP contribution in [-0.4, -0.2) is 57.2 Å². The first-order valence-electron chi connectivity index (χ1n) is 12.3. The van der Waals surface area contributed by atoms with E-state index in [9.17, 15) is 9.59 Å². The van der Waals surface area contributed by atoms with Crippen molar-refractivity contribution in [2.75, 3.05) is 36.5 Å². The number of carbonyl (C=O) groups is 1. The fourth-order valence-electron chi connectivity index (χ4n) is 5.47. The molecule has 1 fully saturated rings. The van der Waals surface area contributed by atoms with Gasteiger partial charge >= 0.3 is 5.69 Å². The minimum Gasteiger partial charge on any atom is -0.501 e. The Morgan fingerprint density at radius 2 is 1.92 bits per heavy atom. The molecule has 0 saturated carbocycles. The zero-order valence-electron chi connectivity index (χ0n) is 20.5. The van der Waals surface area contributed by atoms with Crippen molar-refractivity contribution >= 4 is 28.6 Å². The van der Waals surface area contributed by atoms with Crippen LogP contribution in [0.4, 0.5) is 11.5 Å². The third-order valence-electron chi connectivity index (χ3n) is 7.38. The lowest BCUT2D eigenvalue weighted by molar-refractivity contribution is 0.0983. The maximum absolute atomic E-state index is 13.6. The summed E-state index contributed by atoms with van der Waals surface area (Å²) in [5.41, 5.74) is 3.49. The lowest BCUT2D eigenvalue weighted by atomic mass is 10.0. The summed E-state index contributed by atoms with van der Waals surface area (Å²) in [6.45, 7) is 5.88. The highest BCUT2D eigenvalue weighted by atomic mass is 16.5. The number of rotatable bonds is 5. The number of benzene rings is 1. The van der Waals surface area contributed by atoms with E-state index in [0.717, 1.165) is 29.6 Å². The van der Waals surface area contributed by atoms with Gasteiger partial charge in [-0.2, -0.15) is 0 Å². The van der Waals surface area contributed by atoms with Gasteiger partial charge in [-0.3, -0.25) is 14.3 Å². The molecule has 10 nitrogen and oxygen atoms in total. The van der Waals surface area contributed by atoms with Gasteiger partial charge in [-0.25, -0.2) is 19.7 Å². The number of aromatic amines is 1. The van der Waals surface area contributed by atoms with E-state index in [1.165, 1.54) is 6.33 Å². The van der Waals surface area contributed by atoms with Crippen LogP contribution in [0.5, 0.6) is 0 Å². The van der Waals surface area contributed by atoms with E-state index in [4.69, 9.17) is 4.74 Å². The van der Waals surface area contributed by atoms with E-state index in [1.54, 1.807) is 24.3 Å². The van der Waals surface area contributed by atoms with Gasteiger partial charge in [0.15, 0.2) is 5.65 Å². The normalized spacial score (nSPS) is 17.7. The number of nitrogens with zero attached hydrogens (tertiary/aromatic N) is 6. The fraction of sp³-hybridized carbons (Fsp3) is 0.296. The number of pyridine rings is 1. The molecule has 1 unspecified atom stereocenters. The smallest absolute Gasteiger partial charge is 0.327 e. The van der Waals surface area contributed by atoms with Gasteiger partial charge in [-0.05, 0) is 36.6 Å². The van der Waals surface area contributed by atoms with Crippen molar-refractivity contribution in [2.45, 2.75) is 24.8 Å². The van der Waals surface area contributed by atoms with Crippen LogP contribution in [0.25, 0.3) is 11.2 Å². The second-order valence-corrected chi connectivity index (χ2v) is 9.35. The van der Waals surface area contributed by atoms with Crippen molar-refractivity contribution in [2.24, 2.45) is 0 Å². The highest BCUT2D eigenvalue weighted by Crippen LogP contribution is 2.40. The topological polar surface area (TPSA) is 109 Å².